The minimum Gasteiger partial charge on any atom is -0.504 e. The van der Waals surface area contributed by atoms with E-state index in [1.54, 1.807) is 0 Å². The molecule has 0 aliphatic rings. The first kappa shape index (κ1) is 13.7. The van der Waals surface area contributed by atoms with E-state index in [2.05, 4.69) is 20.7 Å². The molecular formula is C10H10BrFO5. The van der Waals surface area contributed by atoms with Crippen molar-refractivity contribution in [1.82, 2.24) is 0 Å². The smallest absolute Gasteiger partial charge is 0.339 e. The Morgan fingerprint density at radius 2 is 2.12 bits per heavy atom. The molecule has 0 fully saturated rings. The van der Waals surface area contributed by atoms with Crippen molar-refractivity contribution in [2.24, 2.45) is 0 Å². The lowest BCUT2D eigenvalue weighted by molar-refractivity contribution is -0.150. The van der Waals surface area contributed by atoms with E-state index in [4.69, 9.17) is 4.74 Å². The van der Waals surface area contributed by atoms with Crippen molar-refractivity contribution < 1.29 is 28.9 Å². The summed E-state index contributed by atoms with van der Waals surface area (Å²) in [6.07, 6.45) is -1.77. The monoisotopic (exact) mass is 308 g/mol. The van der Waals surface area contributed by atoms with Crippen LogP contribution >= 0.6 is 15.9 Å². The molecule has 7 heteroatoms. The average Bonchev–Trinajstić information content (AvgIpc) is 2.32. The number of benzene rings is 1. The molecule has 1 atom stereocenters. The highest BCUT2D eigenvalue weighted by Crippen LogP contribution is 2.39. The van der Waals surface area contributed by atoms with Gasteiger partial charge in [0.1, 0.15) is 0 Å². The lowest BCUT2D eigenvalue weighted by Gasteiger charge is -2.14. The van der Waals surface area contributed by atoms with Crippen LogP contribution in [0.25, 0.3) is 0 Å². The number of phenolic OH excluding ortho intramolecular Hbond substituents is 1. The van der Waals surface area contributed by atoms with E-state index in [1.165, 1.54) is 13.2 Å². The highest BCUT2D eigenvalue weighted by atomic mass is 79.9. The SMILES string of the molecule is COC(=O)C(O)c1cc(Br)c(OC)c(F)c1O. The Kier molecular flexibility index (Phi) is 4.30. The zero-order chi connectivity index (χ0) is 13.2. The van der Waals surface area contributed by atoms with Crippen LogP contribution < -0.4 is 4.74 Å². The molecule has 1 aromatic carbocycles. The van der Waals surface area contributed by atoms with Crippen LogP contribution in [0.15, 0.2) is 10.5 Å². The highest BCUT2D eigenvalue weighted by Gasteiger charge is 2.26. The van der Waals surface area contributed by atoms with Crippen LogP contribution in [0.4, 0.5) is 4.39 Å². The van der Waals surface area contributed by atoms with Gasteiger partial charge in [0.05, 0.1) is 18.7 Å². The van der Waals surface area contributed by atoms with Gasteiger partial charge in [-0.1, -0.05) is 0 Å². The molecule has 0 bridgehead atoms. The number of methoxy groups -OCH3 is 2. The van der Waals surface area contributed by atoms with Crippen LogP contribution in [0, 0.1) is 5.82 Å². The fourth-order valence-electron chi connectivity index (χ4n) is 1.24. The molecule has 1 aromatic rings. The third-order valence-corrected chi connectivity index (χ3v) is 2.69. The van der Waals surface area contributed by atoms with Crippen molar-refractivity contribution in [3.63, 3.8) is 0 Å². The Morgan fingerprint density at radius 1 is 1.53 bits per heavy atom. The van der Waals surface area contributed by atoms with Gasteiger partial charge in [-0.25, -0.2) is 4.79 Å². The number of carbonyl (C=O) groups is 1. The maximum absolute atomic E-state index is 13.6. The van der Waals surface area contributed by atoms with Gasteiger partial charge >= 0.3 is 5.97 Å². The molecule has 94 valence electrons. The van der Waals surface area contributed by atoms with Crippen molar-refractivity contribution in [3.05, 3.63) is 21.9 Å². The van der Waals surface area contributed by atoms with E-state index in [-0.39, 0.29) is 15.8 Å². The van der Waals surface area contributed by atoms with Crippen LogP contribution in [0.3, 0.4) is 0 Å². The number of hydrogen-bond donors (Lipinski definition) is 2. The first-order valence-corrected chi connectivity index (χ1v) is 5.24. The molecule has 2 N–H and O–H groups in total. The fraction of sp³-hybridized carbons (Fsp3) is 0.300. The predicted molar refractivity (Wildman–Crippen MR) is 59.3 cm³/mol. The molecule has 0 saturated heterocycles. The van der Waals surface area contributed by atoms with Gasteiger partial charge in [-0.15, -0.1) is 0 Å². The summed E-state index contributed by atoms with van der Waals surface area (Å²) in [6, 6.07) is 1.18. The van der Waals surface area contributed by atoms with Crippen LogP contribution in [-0.4, -0.2) is 30.4 Å². The number of aliphatic hydroxyl groups excluding tert-OH is 1. The van der Waals surface area contributed by atoms with Gasteiger partial charge in [-0.05, 0) is 22.0 Å². The van der Waals surface area contributed by atoms with Crippen LogP contribution in [0.1, 0.15) is 11.7 Å². The summed E-state index contributed by atoms with van der Waals surface area (Å²) in [7, 11) is 2.29. The van der Waals surface area contributed by atoms with Crippen molar-refractivity contribution in [3.8, 4) is 11.5 Å². The van der Waals surface area contributed by atoms with Gasteiger partial charge in [0.2, 0.25) is 5.82 Å². The molecule has 0 aliphatic heterocycles. The highest BCUT2D eigenvalue weighted by molar-refractivity contribution is 9.10. The maximum Gasteiger partial charge on any atom is 0.339 e. The van der Waals surface area contributed by atoms with E-state index in [1.807, 2.05) is 0 Å². The van der Waals surface area contributed by atoms with E-state index in [0.717, 1.165) is 7.11 Å². The van der Waals surface area contributed by atoms with Gasteiger partial charge in [0, 0.05) is 5.56 Å². The normalized spacial score (nSPS) is 12.1. The summed E-state index contributed by atoms with van der Waals surface area (Å²) in [5.74, 6) is -3.15. The largest absolute Gasteiger partial charge is 0.504 e. The van der Waals surface area contributed by atoms with Gasteiger partial charge in [-0.2, -0.15) is 4.39 Å². The van der Waals surface area contributed by atoms with Crippen molar-refractivity contribution in [2.45, 2.75) is 6.10 Å². The molecule has 0 spiro atoms. The molecule has 0 saturated carbocycles. The van der Waals surface area contributed by atoms with Gasteiger partial charge < -0.3 is 19.7 Å². The zero-order valence-corrected chi connectivity index (χ0v) is 10.6. The minimum atomic E-state index is -1.77. The lowest BCUT2D eigenvalue weighted by atomic mass is 10.1. The number of rotatable bonds is 3. The maximum atomic E-state index is 13.6. The van der Waals surface area contributed by atoms with Crippen LogP contribution in [0.2, 0.25) is 0 Å². The van der Waals surface area contributed by atoms with Crippen molar-refractivity contribution in [2.75, 3.05) is 14.2 Å². The second-order valence-corrected chi connectivity index (χ2v) is 3.92. The van der Waals surface area contributed by atoms with Gasteiger partial charge in [0.25, 0.3) is 0 Å². The second-order valence-electron chi connectivity index (χ2n) is 3.07. The molecule has 0 radical (unpaired) electrons. The number of hydrogen-bond acceptors (Lipinski definition) is 5. The number of phenols is 1. The quantitative estimate of drug-likeness (QED) is 0.828. The van der Waals surface area contributed by atoms with Gasteiger partial charge in [0.15, 0.2) is 17.6 Å². The number of ether oxygens (including phenoxy) is 2. The Bertz CT molecular complexity index is 449. The molecule has 0 amide bonds. The Hall–Kier alpha value is -1.34. The van der Waals surface area contributed by atoms with Crippen LogP contribution in [-0.2, 0) is 9.53 Å². The third kappa shape index (κ3) is 2.50. The summed E-state index contributed by atoms with van der Waals surface area (Å²) in [6.45, 7) is 0. The fourth-order valence-corrected chi connectivity index (χ4v) is 1.83. The first-order chi connectivity index (χ1) is 7.93. The number of aliphatic hydroxyl groups is 1. The molecule has 1 rings (SSSR count). The van der Waals surface area contributed by atoms with E-state index in [0.29, 0.717) is 0 Å². The summed E-state index contributed by atoms with van der Waals surface area (Å²) in [5, 5.41) is 19.0. The predicted octanol–water partition coefficient (Wildman–Crippen LogP) is 1.51. The standard InChI is InChI=1S/C10H10BrFO5/c1-16-9-5(11)3-4(7(13)6(9)12)8(14)10(15)17-2/h3,8,13-14H,1-2H3. The average molecular weight is 309 g/mol. The van der Waals surface area contributed by atoms with E-state index in [9.17, 15) is 19.4 Å². The zero-order valence-electron chi connectivity index (χ0n) is 9.03. The number of halogens is 2. The molecular weight excluding hydrogens is 299 g/mol. The third-order valence-electron chi connectivity index (χ3n) is 2.10. The lowest BCUT2D eigenvalue weighted by Crippen LogP contribution is -2.14. The van der Waals surface area contributed by atoms with E-state index >= 15 is 0 Å². The number of esters is 1. The van der Waals surface area contributed by atoms with Crippen molar-refractivity contribution >= 4 is 21.9 Å². The number of carbonyl (C=O) groups excluding carboxylic acids is 1. The number of aromatic hydroxyl groups is 1. The Labute approximate surface area is 105 Å². The minimum absolute atomic E-state index is 0.160. The Balaban J connectivity index is 3.32. The molecule has 0 aromatic heterocycles. The molecule has 17 heavy (non-hydrogen) atoms. The van der Waals surface area contributed by atoms with Crippen LogP contribution in [0.5, 0.6) is 11.5 Å². The molecule has 0 aliphatic carbocycles. The summed E-state index contributed by atoms with van der Waals surface area (Å²) < 4.78 is 22.7. The molecule has 0 heterocycles. The molecule has 5 nitrogen and oxygen atoms in total. The molecule has 1 unspecified atom stereocenters. The van der Waals surface area contributed by atoms with Gasteiger partial charge in [-0.3, -0.25) is 0 Å². The summed E-state index contributed by atoms with van der Waals surface area (Å²) in [5.41, 5.74) is -0.304. The second kappa shape index (κ2) is 5.33. The van der Waals surface area contributed by atoms with Crippen molar-refractivity contribution in [1.29, 1.82) is 0 Å². The van der Waals surface area contributed by atoms with E-state index < -0.39 is 23.6 Å². The Morgan fingerprint density at radius 3 is 2.59 bits per heavy atom. The summed E-state index contributed by atoms with van der Waals surface area (Å²) in [4.78, 5) is 11.1. The summed E-state index contributed by atoms with van der Waals surface area (Å²) >= 11 is 2.99. The first-order valence-electron chi connectivity index (χ1n) is 4.44. The topological polar surface area (TPSA) is 76.0 Å².